The molecule has 6 nitrogen and oxygen atoms in total. The summed E-state index contributed by atoms with van der Waals surface area (Å²) in [6.07, 6.45) is 7.19. The van der Waals surface area contributed by atoms with Crippen LogP contribution in [0.5, 0.6) is 0 Å². The van der Waals surface area contributed by atoms with Gasteiger partial charge in [0.25, 0.3) is 5.69 Å². The molecule has 3 fully saturated rings. The lowest BCUT2D eigenvalue weighted by Gasteiger charge is -2.46. The van der Waals surface area contributed by atoms with E-state index in [4.69, 9.17) is 0 Å². The van der Waals surface area contributed by atoms with Crippen LogP contribution >= 0.6 is 0 Å². The van der Waals surface area contributed by atoms with Crippen molar-refractivity contribution in [1.82, 2.24) is 9.55 Å². The summed E-state index contributed by atoms with van der Waals surface area (Å²) < 4.78 is 1.76. The molecule has 2 bridgehead atoms. The Morgan fingerprint density at radius 3 is 2.41 bits per heavy atom. The monoisotopic (exact) mass is 389 g/mol. The SMILES string of the molecule is O=c1nc(-c2ccccc2)c2cc([N+](=O)[O-])ccc2n1CC12CCC(CC1)CC2. The van der Waals surface area contributed by atoms with E-state index in [9.17, 15) is 14.9 Å². The zero-order chi connectivity index (χ0) is 20.0. The van der Waals surface area contributed by atoms with Crippen LogP contribution in [-0.4, -0.2) is 14.5 Å². The number of non-ortho nitro benzene ring substituents is 1. The predicted octanol–water partition coefficient (Wildman–Crippen LogP) is 4.94. The molecule has 3 saturated carbocycles. The van der Waals surface area contributed by atoms with E-state index in [-0.39, 0.29) is 16.8 Å². The second-order valence-corrected chi connectivity index (χ2v) is 8.64. The normalized spacial score (nSPS) is 23.4. The van der Waals surface area contributed by atoms with Gasteiger partial charge in [-0.2, -0.15) is 4.98 Å². The minimum Gasteiger partial charge on any atom is -0.291 e. The number of nitrogens with zero attached hydrogens (tertiary/aromatic N) is 3. The number of hydrogen-bond acceptors (Lipinski definition) is 4. The number of hydrogen-bond donors (Lipinski definition) is 0. The number of aromatic nitrogens is 2. The summed E-state index contributed by atoms with van der Waals surface area (Å²) in [6.45, 7) is 0.648. The maximum absolute atomic E-state index is 13.1. The molecule has 0 unspecified atom stereocenters. The Labute approximate surface area is 168 Å². The van der Waals surface area contributed by atoms with Gasteiger partial charge in [-0.25, -0.2) is 4.79 Å². The number of fused-ring (bicyclic) bond motifs is 4. The molecule has 3 aromatic rings. The molecule has 1 aromatic heterocycles. The molecule has 3 aliphatic rings. The highest BCUT2D eigenvalue weighted by molar-refractivity contribution is 5.93. The van der Waals surface area contributed by atoms with Crippen LogP contribution < -0.4 is 5.69 Å². The molecular formula is C23H23N3O3. The Balaban J connectivity index is 1.70. The molecule has 0 saturated heterocycles. The summed E-state index contributed by atoms with van der Waals surface area (Å²) in [7, 11) is 0. The largest absolute Gasteiger partial charge is 0.348 e. The van der Waals surface area contributed by atoms with Crippen LogP contribution in [0.4, 0.5) is 5.69 Å². The quantitative estimate of drug-likeness (QED) is 0.468. The van der Waals surface area contributed by atoms with E-state index in [0.29, 0.717) is 17.6 Å². The van der Waals surface area contributed by atoms with Gasteiger partial charge in [0.05, 0.1) is 16.1 Å². The Bertz CT molecular complexity index is 1130. The lowest BCUT2D eigenvalue weighted by molar-refractivity contribution is -0.384. The van der Waals surface area contributed by atoms with Gasteiger partial charge in [-0.05, 0) is 55.9 Å². The van der Waals surface area contributed by atoms with E-state index in [1.807, 2.05) is 30.3 Å². The van der Waals surface area contributed by atoms with E-state index >= 15 is 0 Å². The van der Waals surface area contributed by atoms with Crippen molar-refractivity contribution in [3.63, 3.8) is 0 Å². The Kier molecular flexibility index (Phi) is 4.23. The van der Waals surface area contributed by atoms with E-state index in [2.05, 4.69) is 4.98 Å². The van der Waals surface area contributed by atoms with Crippen molar-refractivity contribution in [2.45, 2.75) is 45.1 Å². The van der Waals surface area contributed by atoms with Crippen LogP contribution in [0, 0.1) is 21.4 Å². The maximum Gasteiger partial charge on any atom is 0.348 e. The molecular weight excluding hydrogens is 366 g/mol. The van der Waals surface area contributed by atoms with E-state index in [1.54, 1.807) is 16.7 Å². The molecule has 6 rings (SSSR count). The molecule has 0 N–H and O–H groups in total. The van der Waals surface area contributed by atoms with Crippen molar-refractivity contribution in [3.8, 4) is 11.3 Å². The Hall–Kier alpha value is -3.02. The van der Waals surface area contributed by atoms with E-state index in [1.165, 1.54) is 25.3 Å². The van der Waals surface area contributed by atoms with Crippen molar-refractivity contribution in [2.24, 2.45) is 11.3 Å². The minimum atomic E-state index is -0.398. The minimum absolute atomic E-state index is 0.0121. The zero-order valence-corrected chi connectivity index (χ0v) is 16.2. The average molecular weight is 389 g/mol. The van der Waals surface area contributed by atoms with Crippen molar-refractivity contribution in [3.05, 3.63) is 69.1 Å². The van der Waals surface area contributed by atoms with Gasteiger partial charge in [0, 0.05) is 29.6 Å². The zero-order valence-electron chi connectivity index (χ0n) is 16.2. The molecule has 0 aliphatic heterocycles. The summed E-state index contributed by atoms with van der Waals surface area (Å²) in [5.74, 6) is 0.853. The third-order valence-corrected chi connectivity index (χ3v) is 6.96. The van der Waals surface area contributed by atoms with Crippen molar-refractivity contribution in [2.75, 3.05) is 0 Å². The van der Waals surface area contributed by atoms with Crippen molar-refractivity contribution < 1.29 is 4.92 Å². The van der Waals surface area contributed by atoms with Crippen LogP contribution in [-0.2, 0) is 6.54 Å². The summed E-state index contributed by atoms with van der Waals surface area (Å²) >= 11 is 0. The third kappa shape index (κ3) is 3.12. The molecule has 0 spiro atoms. The van der Waals surface area contributed by atoms with Gasteiger partial charge in [-0.15, -0.1) is 0 Å². The number of benzene rings is 2. The van der Waals surface area contributed by atoms with E-state index in [0.717, 1.165) is 36.3 Å². The van der Waals surface area contributed by atoms with Gasteiger partial charge in [-0.1, -0.05) is 30.3 Å². The first kappa shape index (κ1) is 18.0. The van der Waals surface area contributed by atoms with E-state index < -0.39 is 4.92 Å². The Morgan fingerprint density at radius 2 is 1.76 bits per heavy atom. The Morgan fingerprint density at radius 1 is 1.07 bits per heavy atom. The fourth-order valence-corrected chi connectivity index (χ4v) is 5.26. The van der Waals surface area contributed by atoms with Gasteiger partial charge in [0.15, 0.2) is 0 Å². The first-order chi connectivity index (χ1) is 14.0. The number of nitro benzene ring substituents is 1. The van der Waals surface area contributed by atoms with Gasteiger partial charge in [-0.3, -0.25) is 14.7 Å². The smallest absolute Gasteiger partial charge is 0.291 e. The maximum atomic E-state index is 13.1. The second kappa shape index (κ2) is 6.79. The first-order valence-corrected chi connectivity index (χ1v) is 10.3. The molecule has 3 aliphatic carbocycles. The van der Waals surface area contributed by atoms with Crippen LogP contribution in [0.25, 0.3) is 22.2 Å². The summed E-state index contributed by atoms with van der Waals surface area (Å²) in [4.78, 5) is 28.5. The summed E-state index contributed by atoms with van der Waals surface area (Å²) in [5.41, 5.74) is 1.93. The summed E-state index contributed by atoms with van der Waals surface area (Å²) in [6, 6.07) is 14.2. The molecule has 0 atom stereocenters. The molecule has 29 heavy (non-hydrogen) atoms. The van der Waals surface area contributed by atoms with Crippen LogP contribution in [0.3, 0.4) is 0 Å². The molecule has 2 aromatic carbocycles. The molecule has 148 valence electrons. The predicted molar refractivity (Wildman–Crippen MR) is 112 cm³/mol. The summed E-state index contributed by atoms with van der Waals surface area (Å²) in [5, 5.41) is 12.0. The van der Waals surface area contributed by atoms with Crippen molar-refractivity contribution in [1.29, 1.82) is 0 Å². The van der Waals surface area contributed by atoms with Gasteiger partial charge in [0.1, 0.15) is 0 Å². The highest BCUT2D eigenvalue weighted by atomic mass is 16.6. The fraction of sp³-hybridized carbons (Fsp3) is 0.391. The highest BCUT2D eigenvalue weighted by Gasteiger charge is 2.41. The standard InChI is InChI=1S/C23H23N3O3/c27-22-24-21(17-4-2-1-3-5-17)19-14-18(26(28)29)6-7-20(19)25(22)15-23-11-8-16(9-12-23)10-13-23/h1-7,14,16H,8-13,15H2. The number of rotatable bonds is 4. The van der Waals surface area contributed by atoms with Crippen molar-refractivity contribution >= 4 is 16.6 Å². The fourth-order valence-electron chi connectivity index (χ4n) is 5.26. The highest BCUT2D eigenvalue weighted by Crippen LogP contribution is 2.51. The molecule has 1 heterocycles. The lowest BCUT2D eigenvalue weighted by Crippen LogP contribution is -2.40. The first-order valence-electron chi connectivity index (χ1n) is 10.3. The van der Waals surface area contributed by atoms with Crippen LogP contribution in [0.1, 0.15) is 38.5 Å². The average Bonchev–Trinajstić information content (AvgIpc) is 2.77. The van der Waals surface area contributed by atoms with Gasteiger partial charge in [0.2, 0.25) is 0 Å². The van der Waals surface area contributed by atoms with Crippen LogP contribution in [0.15, 0.2) is 53.3 Å². The molecule has 6 heteroatoms. The van der Waals surface area contributed by atoms with Crippen LogP contribution in [0.2, 0.25) is 0 Å². The molecule has 0 amide bonds. The number of nitro groups is 1. The van der Waals surface area contributed by atoms with Gasteiger partial charge < -0.3 is 0 Å². The lowest BCUT2D eigenvalue weighted by atomic mass is 9.60. The van der Waals surface area contributed by atoms with Gasteiger partial charge >= 0.3 is 5.69 Å². The third-order valence-electron chi connectivity index (χ3n) is 6.96. The second-order valence-electron chi connectivity index (χ2n) is 8.64. The topological polar surface area (TPSA) is 78.0 Å². The molecule has 0 radical (unpaired) electrons.